The van der Waals surface area contributed by atoms with E-state index in [9.17, 15) is 0 Å². The molecular formula is C14H23NO. The van der Waals surface area contributed by atoms with Crippen LogP contribution in [0.1, 0.15) is 51.9 Å². The quantitative estimate of drug-likeness (QED) is 0.696. The van der Waals surface area contributed by atoms with Gasteiger partial charge in [-0.2, -0.15) is 0 Å². The van der Waals surface area contributed by atoms with E-state index in [-0.39, 0.29) is 5.60 Å². The first-order chi connectivity index (χ1) is 7.85. The van der Waals surface area contributed by atoms with Gasteiger partial charge in [-0.15, -0.1) is 0 Å². The third-order valence-electron chi connectivity index (χ3n) is 3.55. The van der Waals surface area contributed by atoms with Crippen molar-refractivity contribution in [2.24, 2.45) is 4.99 Å². The zero-order valence-electron chi connectivity index (χ0n) is 10.4. The fourth-order valence-electron chi connectivity index (χ4n) is 2.71. The van der Waals surface area contributed by atoms with Crippen molar-refractivity contribution in [1.82, 2.24) is 0 Å². The molecule has 2 aliphatic rings. The van der Waals surface area contributed by atoms with E-state index in [4.69, 9.17) is 4.74 Å². The minimum absolute atomic E-state index is 0.122. The van der Waals surface area contributed by atoms with Gasteiger partial charge in [0.1, 0.15) is 0 Å². The van der Waals surface area contributed by atoms with Crippen molar-refractivity contribution in [3.8, 4) is 0 Å². The van der Waals surface area contributed by atoms with E-state index in [1.165, 1.54) is 31.4 Å². The summed E-state index contributed by atoms with van der Waals surface area (Å²) in [6.07, 6.45) is 12.8. The number of hydrogen-bond acceptors (Lipinski definition) is 2. The smallest absolute Gasteiger partial charge is 0.0737 e. The van der Waals surface area contributed by atoms with Crippen molar-refractivity contribution in [2.45, 2.75) is 57.5 Å². The summed E-state index contributed by atoms with van der Waals surface area (Å²) in [5.74, 6) is 0. The molecule has 2 rings (SSSR count). The van der Waals surface area contributed by atoms with Gasteiger partial charge in [0.15, 0.2) is 0 Å². The molecule has 2 nitrogen and oxygen atoms in total. The van der Waals surface area contributed by atoms with Crippen LogP contribution in [-0.2, 0) is 4.74 Å². The second kappa shape index (κ2) is 5.62. The molecule has 0 aromatic rings. The topological polar surface area (TPSA) is 21.6 Å². The highest BCUT2D eigenvalue weighted by atomic mass is 16.5. The lowest BCUT2D eigenvalue weighted by molar-refractivity contribution is -0.0347. The molecule has 0 saturated heterocycles. The van der Waals surface area contributed by atoms with E-state index >= 15 is 0 Å². The van der Waals surface area contributed by atoms with E-state index < -0.39 is 0 Å². The number of allylic oxidation sites excluding steroid dienone is 1. The standard InChI is InChI=1S/C14H23NO/c1-2-11-16-14(8-4-5-9-14)12-13-7-3-6-10-15-13/h3,7H,2,4-6,8-12H2,1H3. The van der Waals surface area contributed by atoms with Crippen molar-refractivity contribution in [2.75, 3.05) is 13.2 Å². The molecular weight excluding hydrogens is 198 g/mol. The van der Waals surface area contributed by atoms with Crippen LogP contribution >= 0.6 is 0 Å². The summed E-state index contributed by atoms with van der Waals surface area (Å²) in [6.45, 7) is 4.05. The molecule has 1 aliphatic heterocycles. The molecule has 1 saturated carbocycles. The lowest BCUT2D eigenvalue weighted by Gasteiger charge is -2.30. The summed E-state index contributed by atoms with van der Waals surface area (Å²) < 4.78 is 6.13. The molecule has 0 spiro atoms. The number of nitrogens with zero attached hydrogens (tertiary/aromatic N) is 1. The number of ether oxygens (including phenoxy) is 1. The zero-order valence-corrected chi connectivity index (χ0v) is 10.4. The Labute approximate surface area is 98.8 Å². The van der Waals surface area contributed by atoms with Crippen molar-refractivity contribution in [3.05, 3.63) is 12.2 Å². The van der Waals surface area contributed by atoms with Gasteiger partial charge in [0.25, 0.3) is 0 Å². The molecule has 0 aromatic heterocycles. The van der Waals surface area contributed by atoms with E-state index in [0.29, 0.717) is 0 Å². The highest BCUT2D eigenvalue weighted by Gasteiger charge is 2.35. The Morgan fingerprint density at radius 1 is 1.38 bits per heavy atom. The molecule has 0 bridgehead atoms. The number of aliphatic imine (C=N–C) groups is 1. The largest absolute Gasteiger partial charge is 0.375 e. The third-order valence-corrected chi connectivity index (χ3v) is 3.55. The number of dihydropyridines is 1. The highest BCUT2D eigenvalue weighted by molar-refractivity contribution is 5.96. The Hall–Kier alpha value is -0.630. The van der Waals surface area contributed by atoms with E-state index in [1.54, 1.807) is 0 Å². The predicted molar refractivity (Wildman–Crippen MR) is 68.1 cm³/mol. The number of hydrogen-bond donors (Lipinski definition) is 0. The lowest BCUT2D eigenvalue weighted by atomic mass is 9.93. The maximum atomic E-state index is 6.13. The van der Waals surface area contributed by atoms with Crippen LogP contribution in [-0.4, -0.2) is 24.5 Å². The average Bonchev–Trinajstić information content (AvgIpc) is 2.77. The van der Waals surface area contributed by atoms with Crippen LogP contribution in [0.2, 0.25) is 0 Å². The van der Waals surface area contributed by atoms with Crippen molar-refractivity contribution >= 4 is 5.71 Å². The van der Waals surface area contributed by atoms with Gasteiger partial charge in [-0.1, -0.05) is 25.8 Å². The van der Waals surface area contributed by atoms with Crippen LogP contribution in [0.5, 0.6) is 0 Å². The summed E-state index contributed by atoms with van der Waals surface area (Å²) in [5, 5.41) is 0. The molecule has 1 fully saturated rings. The monoisotopic (exact) mass is 221 g/mol. The Balaban J connectivity index is 1.96. The lowest BCUT2D eigenvalue weighted by Crippen LogP contribution is -2.32. The van der Waals surface area contributed by atoms with E-state index in [2.05, 4.69) is 24.1 Å². The molecule has 90 valence electrons. The summed E-state index contributed by atoms with van der Waals surface area (Å²) >= 11 is 0. The number of rotatable bonds is 5. The first-order valence-electron chi connectivity index (χ1n) is 6.68. The van der Waals surface area contributed by atoms with Crippen LogP contribution in [0.3, 0.4) is 0 Å². The molecule has 0 N–H and O–H groups in total. The molecule has 0 atom stereocenters. The average molecular weight is 221 g/mol. The highest BCUT2D eigenvalue weighted by Crippen LogP contribution is 2.37. The first-order valence-corrected chi connectivity index (χ1v) is 6.68. The summed E-state index contributed by atoms with van der Waals surface area (Å²) in [7, 11) is 0. The van der Waals surface area contributed by atoms with Crippen LogP contribution < -0.4 is 0 Å². The Morgan fingerprint density at radius 3 is 2.81 bits per heavy atom. The molecule has 0 amide bonds. The van der Waals surface area contributed by atoms with Gasteiger partial charge in [0.05, 0.1) is 5.60 Å². The normalized spacial score (nSPS) is 23.4. The van der Waals surface area contributed by atoms with Gasteiger partial charge in [0.2, 0.25) is 0 Å². The SMILES string of the molecule is CCCOC1(CC2=NCCC=C2)CCCC1. The van der Waals surface area contributed by atoms with Gasteiger partial charge in [0, 0.05) is 25.3 Å². The summed E-state index contributed by atoms with van der Waals surface area (Å²) in [4.78, 5) is 4.60. The van der Waals surface area contributed by atoms with E-state index in [0.717, 1.165) is 32.4 Å². The van der Waals surface area contributed by atoms with Crippen LogP contribution in [0.25, 0.3) is 0 Å². The molecule has 0 aromatic carbocycles. The minimum atomic E-state index is 0.122. The van der Waals surface area contributed by atoms with Crippen molar-refractivity contribution in [3.63, 3.8) is 0 Å². The fourth-order valence-corrected chi connectivity index (χ4v) is 2.71. The summed E-state index contributed by atoms with van der Waals surface area (Å²) in [6, 6.07) is 0. The van der Waals surface area contributed by atoms with Crippen molar-refractivity contribution in [1.29, 1.82) is 0 Å². The fraction of sp³-hybridized carbons (Fsp3) is 0.786. The molecule has 2 heteroatoms. The second-order valence-corrected chi connectivity index (χ2v) is 4.98. The Bertz CT molecular complexity index is 274. The van der Waals surface area contributed by atoms with Gasteiger partial charge in [-0.25, -0.2) is 0 Å². The van der Waals surface area contributed by atoms with Gasteiger partial charge < -0.3 is 4.74 Å². The van der Waals surface area contributed by atoms with Gasteiger partial charge in [-0.3, -0.25) is 4.99 Å². The van der Waals surface area contributed by atoms with Crippen LogP contribution in [0, 0.1) is 0 Å². The Morgan fingerprint density at radius 2 is 2.19 bits per heavy atom. The molecule has 16 heavy (non-hydrogen) atoms. The van der Waals surface area contributed by atoms with E-state index in [1.807, 2.05) is 0 Å². The predicted octanol–water partition coefficient (Wildman–Crippen LogP) is 3.52. The van der Waals surface area contributed by atoms with Crippen LogP contribution in [0.15, 0.2) is 17.1 Å². The molecule has 0 radical (unpaired) electrons. The second-order valence-electron chi connectivity index (χ2n) is 4.98. The minimum Gasteiger partial charge on any atom is -0.375 e. The maximum Gasteiger partial charge on any atom is 0.0737 e. The summed E-state index contributed by atoms with van der Waals surface area (Å²) in [5.41, 5.74) is 1.38. The Kier molecular flexibility index (Phi) is 4.16. The maximum absolute atomic E-state index is 6.13. The molecule has 0 unspecified atom stereocenters. The molecule has 1 heterocycles. The first kappa shape index (κ1) is 11.8. The van der Waals surface area contributed by atoms with Crippen molar-refractivity contribution < 1.29 is 4.74 Å². The molecule has 1 aliphatic carbocycles. The zero-order chi connectivity index (χ0) is 11.3. The third kappa shape index (κ3) is 2.94. The van der Waals surface area contributed by atoms with Crippen LogP contribution in [0.4, 0.5) is 0 Å². The van der Waals surface area contributed by atoms with Gasteiger partial charge in [-0.05, 0) is 31.8 Å². The van der Waals surface area contributed by atoms with Gasteiger partial charge >= 0.3 is 0 Å².